The molecule has 0 aromatic heterocycles. The van der Waals surface area contributed by atoms with Gasteiger partial charge in [0.05, 0.1) is 0 Å². The van der Waals surface area contributed by atoms with E-state index in [-0.39, 0.29) is 0 Å². The zero-order chi connectivity index (χ0) is 10.2. The highest BCUT2D eigenvalue weighted by Gasteiger charge is 1.95. The molecular weight excluding hydrogens is 168 g/mol. The largest absolute Gasteiger partial charge is 0.103 e. The third-order valence-corrected chi connectivity index (χ3v) is 2.45. The van der Waals surface area contributed by atoms with Gasteiger partial charge in [0.1, 0.15) is 0 Å². The van der Waals surface area contributed by atoms with E-state index in [4.69, 9.17) is 0 Å². The molecule has 0 saturated carbocycles. The van der Waals surface area contributed by atoms with E-state index in [2.05, 4.69) is 37.8 Å². The number of aryl methyl sites for hydroxylation is 2. The highest BCUT2D eigenvalue weighted by Crippen LogP contribution is 2.10. The van der Waals surface area contributed by atoms with E-state index in [0.29, 0.717) is 0 Å². The summed E-state index contributed by atoms with van der Waals surface area (Å²) in [6.07, 6.45) is 7.99. The van der Waals surface area contributed by atoms with Gasteiger partial charge < -0.3 is 0 Å². The number of unbranched alkanes of at least 4 members (excludes halogenated alkanes) is 1. The van der Waals surface area contributed by atoms with Crippen LogP contribution in [0.4, 0.5) is 0 Å². The molecule has 0 nitrogen and oxygen atoms in total. The fraction of sp³-hybridized carbons (Fsp3) is 0.429. The first kappa shape index (κ1) is 11.0. The molecule has 0 saturated heterocycles. The molecule has 1 rings (SSSR count). The van der Waals surface area contributed by atoms with Crippen LogP contribution in [-0.2, 0) is 12.8 Å². The summed E-state index contributed by atoms with van der Waals surface area (Å²) >= 11 is 0. The van der Waals surface area contributed by atoms with E-state index in [1.807, 2.05) is 6.08 Å². The van der Waals surface area contributed by atoms with Crippen molar-refractivity contribution in [3.63, 3.8) is 0 Å². The summed E-state index contributed by atoms with van der Waals surface area (Å²) in [5, 5.41) is 0. The Bertz CT molecular complexity index is 273. The third kappa shape index (κ3) is 3.78. The number of hydrogen-bond acceptors (Lipinski definition) is 0. The Morgan fingerprint density at radius 2 is 1.93 bits per heavy atom. The van der Waals surface area contributed by atoms with E-state index in [1.165, 1.54) is 30.4 Å². The van der Waals surface area contributed by atoms with Crippen LogP contribution < -0.4 is 0 Å². The smallest absolute Gasteiger partial charge is 0.0244 e. The van der Waals surface area contributed by atoms with Crippen LogP contribution in [0.2, 0.25) is 0 Å². The van der Waals surface area contributed by atoms with Gasteiger partial charge in [0.2, 0.25) is 0 Å². The minimum atomic E-state index is 1.08. The summed E-state index contributed by atoms with van der Waals surface area (Å²) in [4.78, 5) is 0. The molecule has 0 spiro atoms. The van der Waals surface area contributed by atoms with Gasteiger partial charge in [0.15, 0.2) is 0 Å². The number of rotatable bonds is 6. The summed E-state index contributed by atoms with van der Waals surface area (Å²) in [7, 11) is 0. The van der Waals surface area contributed by atoms with Crippen molar-refractivity contribution in [1.29, 1.82) is 0 Å². The standard InChI is InChI=1S/C14H20/c1-3-5-8-13-10-7-11-14(12-13)9-6-4-2/h3,7,10-12H,1,4-6,8-9H2,2H3. The Labute approximate surface area is 87.7 Å². The first-order valence-electron chi connectivity index (χ1n) is 5.55. The average molecular weight is 188 g/mol. The molecule has 0 fully saturated rings. The fourth-order valence-electron chi connectivity index (χ4n) is 1.59. The van der Waals surface area contributed by atoms with E-state index in [0.717, 1.165) is 12.8 Å². The van der Waals surface area contributed by atoms with Gasteiger partial charge >= 0.3 is 0 Å². The monoisotopic (exact) mass is 188 g/mol. The van der Waals surface area contributed by atoms with E-state index < -0.39 is 0 Å². The maximum absolute atomic E-state index is 3.75. The minimum absolute atomic E-state index is 1.08. The Kier molecular flexibility index (Phi) is 5.06. The molecule has 0 aliphatic rings. The lowest BCUT2D eigenvalue weighted by Gasteiger charge is -2.03. The molecule has 0 N–H and O–H groups in total. The van der Waals surface area contributed by atoms with Crippen LogP contribution in [0.25, 0.3) is 0 Å². The van der Waals surface area contributed by atoms with Gasteiger partial charge in [-0.25, -0.2) is 0 Å². The summed E-state index contributed by atoms with van der Waals surface area (Å²) in [6, 6.07) is 8.94. The summed E-state index contributed by atoms with van der Waals surface area (Å²) in [5.74, 6) is 0. The second-order valence-corrected chi connectivity index (χ2v) is 3.75. The molecule has 0 heteroatoms. The van der Waals surface area contributed by atoms with Gasteiger partial charge in [-0.2, -0.15) is 0 Å². The Balaban J connectivity index is 2.54. The maximum atomic E-state index is 3.75. The average Bonchev–Trinajstić information content (AvgIpc) is 2.24. The zero-order valence-electron chi connectivity index (χ0n) is 9.13. The van der Waals surface area contributed by atoms with Gasteiger partial charge in [0, 0.05) is 0 Å². The predicted octanol–water partition coefficient (Wildman–Crippen LogP) is 4.15. The Morgan fingerprint density at radius 1 is 1.21 bits per heavy atom. The fourth-order valence-corrected chi connectivity index (χ4v) is 1.59. The highest BCUT2D eigenvalue weighted by atomic mass is 14.0. The predicted molar refractivity (Wildman–Crippen MR) is 63.6 cm³/mol. The van der Waals surface area contributed by atoms with Crippen LogP contribution in [0.3, 0.4) is 0 Å². The quantitative estimate of drug-likeness (QED) is 0.588. The first-order chi connectivity index (χ1) is 6.86. The summed E-state index contributed by atoms with van der Waals surface area (Å²) in [6.45, 7) is 5.99. The molecule has 0 aliphatic heterocycles. The van der Waals surface area contributed by atoms with Crippen LogP contribution in [0.5, 0.6) is 0 Å². The molecule has 1 aromatic rings. The van der Waals surface area contributed by atoms with Crippen molar-refractivity contribution < 1.29 is 0 Å². The number of benzene rings is 1. The Morgan fingerprint density at radius 3 is 2.57 bits per heavy atom. The maximum Gasteiger partial charge on any atom is -0.0244 e. The van der Waals surface area contributed by atoms with E-state index >= 15 is 0 Å². The molecule has 0 bridgehead atoms. The first-order valence-corrected chi connectivity index (χ1v) is 5.55. The minimum Gasteiger partial charge on any atom is -0.103 e. The van der Waals surface area contributed by atoms with Crippen molar-refractivity contribution in [1.82, 2.24) is 0 Å². The van der Waals surface area contributed by atoms with Crippen LogP contribution in [0, 0.1) is 0 Å². The third-order valence-electron chi connectivity index (χ3n) is 2.45. The van der Waals surface area contributed by atoms with E-state index in [1.54, 1.807) is 0 Å². The molecular formula is C14H20. The lowest BCUT2D eigenvalue weighted by Crippen LogP contribution is -1.88. The molecule has 76 valence electrons. The lowest BCUT2D eigenvalue weighted by molar-refractivity contribution is 0.793. The van der Waals surface area contributed by atoms with Crippen molar-refractivity contribution in [3.8, 4) is 0 Å². The lowest BCUT2D eigenvalue weighted by atomic mass is 10.0. The van der Waals surface area contributed by atoms with Gasteiger partial charge in [0.25, 0.3) is 0 Å². The van der Waals surface area contributed by atoms with Crippen molar-refractivity contribution in [2.24, 2.45) is 0 Å². The number of allylic oxidation sites excluding steroid dienone is 1. The van der Waals surface area contributed by atoms with Crippen LogP contribution in [-0.4, -0.2) is 0 Å². The molecule has 0 amide bonds. The van der Waals surface area contributed by atoms with Gasteiger partial charge in [-0.15, -0.1) is 6.58 Å². The number of hydrogen-bond donors (Lipinski definition) is 0. The summed E-state index contributed by atoms with van der Waals surface area (Å²) in [5.41, 5.74) is 2.92. The van der Waals surface area contributed by atoms with Gasteiger partial charge in [-0.3, -0.25) is 0 Å². The Hall–Kier alpha value is -1.04. The van der Waals surface area contributed by atoms with Crippen molar-refractivity contribution in [2.45, 2.75) is 39.0 Å². The van der Waals surface area contributed by atoms with Crippen LogP contribution in [0.1, 0.15) is 37.3 Å². The zero-order valence-corrected chi connectivity index (χ0v) is 9.13. The second-order valence-electron chi connectivity index (χ2n) is 3.75. The van der Waals surface area contributed by atoms with Crippen molar-refractivity contribution in [3.05, 3.63) is 48.0 Å². The molecule has 14 heavy (non-hydrogen) atoms. The van der Waals surface area contributed by atoms with Gasteiger partial charge in [-0.1, -0.05) is 43.7 Å². The molecule has 0 unspecified atom stereocenters. The normalized spacial score (nSPS) is 10.1. The molecule has 0 radical (unpaired) electrons. The van der Waals surface area contributed by atoms with Crippen LogP contribution in [0.15, 0.2) is 36.9 Å². The van der Waals surface area contributed by atoms with E-state index in [9.17, 15) is 0 Å². The van der Waals surface area contributed by atoms with Crippen LogP contribution >= 0.6 is 0 Å². The topological polar surface area (TPSA) is 0 Å². The molecule has 0 heterocycles. The van der Waals surface area contributed by atoms with Crippen molar-refractivity contribution >= 4 is 0 Å². The molecule has 0 aliphatic carbocycles. The molecule has 1 aromatic carbocycles. The van der Waals surface area contributed by atoms with Gasteiger partial charge in [-0.05, 0) is 36.8 Å². The SMILES string of the molecule is C=CCCc1cccc(CCCC)c1. The molecule has 0 atom stereocenters. The van der Waals surface area contributed by atoms with Crippen molar-refractivity contribution in [2.75, 3.05) is 0 Å². The summed E-state index contributed by atoms with van der Waals surface area (Å²) < 4.78 is 0. The second kappa shape index (κ2) is 6.42. The highest BCUT2D eigenvalue weighted by molar-refractivity contribution is 5.23.